The minimum atomic E-state index is 0.566. The number of benzene rings is 2. The zero-order valence-electron chi connectivity index (χ0n) is 14.0. The highest BCUT2D eigenvalue weighted by Gasteiger charge is 2.05. The van der Waals surface area contributed by atoms with Crippen molar-refractivity contribution >= 4 is 0 Å². The third-order valence-electron chi connectivity index (χ3n) is 3.27. The SMILES string of the molecule is CCOc1ccccc1OCCCOc1ccc(C)cc1OC. The van der Waals surface area contributed by atoms with E-state index in [-0.39, 0.29) is 0 Å². The summed E-state index contributed by atoms with van der Waals surface area (Å²) in [6.45, 7) is 5.74. The summed E-state index contributed by atoms with van der Waals surface area (Å²) in [5, 5.41) is 0. The lowest BCUT2D eigenvalue weighted by atomic mass is 10.2. The average molecular weight is 316 g/mol. The van der Waals surface area contributed by atoms with Crippen molar-refractivity contribution in [3.05, 3.63) is 48.0 Å². The monoisotopic (exact) mass is 316 g/mol. The average Bonchev–Trinajstić information content (AvgIpc) is 2.57. The van der Waals surface area contributed by atoms with Crippen molar-refractivity contribution in [1.29, 1.82) is 0 Å². The topological polar surface area (TPSA) is 36.9 Å². The quantitative estimate of drug-likeness (QED) is 0.648. The predicted molar refractivity (Wildman–Crippen MR) is 90.9 cm³/mol. The van der Waals surface area contributed by atoms with Gasteiger partial charge >= 0.3 is 0 Å². The molecule has 0 aliphatic heterocycles. The van der Waals surface area contributed by atoms with Gasteiger partial charge in [-0.2, -0.15) is 0 Å². The summed E-state index contributed by atoms with van der Waals surface area (Å²) in [5.41, 5.74) is 1.14. The highest BCUT2D eigenvalue weighted by molar-refractivity contribution is 5.42. The Morgan fingerprint density at radius 1 is 0.783 bits per heavy atom. The van der Waals surface area contributed by atoms with Gasteiger partial charge in [-0.05, 0) is 43.7 Å². The van der Waals surface area contributed by atoms with E-state index in [1.54, 1.807) is 7.11 Å². The van der Waals surface area contributed by atoms with Crippen molar-refractivity contribution in [2.24, 2.45) is 0 Å². The van der Waals surface area contributed by atoms with E-state index in [1.807, 2.05) is 56.3 Å². The Bertz CT molecular complexity index is 610. The van der Waals surface area contributed by atoms with Crippen LogP contribution in [0.1, 0.15) is 18.9 Å². The standard InChI is InChI=1S/C19H24O4/c1-4-21-16-8-5-6-9-17(16)22-12-7-13-23-18-11-10-15(2)14-19(18)20-3/h5-6,8-11,14H,4,7,12-13H2,1-3H3. The molecule has 4 nitrogen and oxygen atoms in total. The number of hydrogen-bond acceptors (Lipinski definition) is 4. The van der Waals surface area contributed by atoms with Crippen LogP contribution in [0, 0.1) is 6.92 Å². The van der Waals surface area contributed by atoms with Crippen molar-refractivity contribution in [2.45, 2.75) is 20.3 Å². The van der Waals surface area contributed by atoms with Gasteiger partial charge in [-0.25, -0.2) is 0 Å². The first-order valence-corrected chi connectivity index (χ1v) is 7.86. The highest BCUT2D eigenvalue weighted by atomic mass is 16.5. The van der Waals surface area contributed by atoms with E-state index in [0.29, 0.717) is 19.8 Å². The lowest BCUT2D eigenvalue weighted by Crippen LogP contribution is -2.06. The van der Waals surface area contributed by atoms with Crippen molar-refractivity contribution in [1.82, 2.24) is 0 Å². The van der Waals surface area contributed by atoms with Crippen LogP contribution in [0.2, 0.25) is 0 Å². The lowest BCUT2D eigenvalue weighted by molar-refractivity contribution is 0.231. The minimum Gasteiger partial charge on any atom is -0.493 e. The molecule has 0 spiro atoms. The molecule has 0 atom stereocenters. The number of aryl methyl sites for hydroxylation is 1. The van der Waals surface area contributed by atoms with Crippen molar-refractivity contribution in [2.75, 3.05) is 26.9 Å². The fraction of sp³-hybridized carbons (Fsp3) is 0.368. The third-order valence-corrected chi connectivity index (χ3v) is 3.27. The first kappa shape index (κ1) is 17.0. The third kappa shape index (κ3) is 5.09. The Hall–Kier alpha value is -2.36. The number of ether oxygens (including phenoxy) is 4. The van der Waals surface area contributed by atoms with Gasteiger partial charge in [0.1, 0.15) is 0 Å². The van der Waals surface area contributed by atoms with Gasteiger partial charge in [-0.3, -0.25) is 0 Å². The highest BCUT2D eigenvalue weighted by Crippen LogP contribution is 2.28. The summed E-state index contributed by atoms with van der Waals surface area (Å²) in [7, 11) is 1.65. The molecule has 0 aliphatic carbocycles. The molecule has 0 heterocycles. The number of rotatable bonds is 9. The van der Waals surface area contributed by atoms with Crippen LogP contribution in [0.15, 0.2) is 42.5 Å². The molecule has 0 saturated heterocycles. The molecule has 0 radical (unpaired) electrons. The first-order chi connectivity index (χ1) is 11.2. The maximum atomic E-state index is 5.77. The Balaban J connectivity index is 1.78. The molecule has 2 aromatic carbocycles. The van der Waals surface area contributed by atoms with Crippen molar-refractivity contribution < 1.29 is 18.9 Å². The van der Waals surface area contributed by atoms with E-state index in [0.717, 1.165) is 35.0 Å². The molecule has 2 aromatic rings. The second-order valence-corrected chi connectivity index (χ2v) is 5.08. The Morgan fingerprint density at radius 3 is 2.00 bits per heavy atom. The molecule has 23 heavy (non-hydrogen) atoms. The smallest absolute Gasteiger partial charge is 0.161 e. The second kappa shape index (κ2) is 8.93. The minimum absolute atomic E-state index is 0.566. The summed E-state index contributed by atoms with van der Waals surface area (Å²) in [4.78, 5) is 0. The number of hydrogen-bond donors (Lipinski definition) is 0. The largest absolute Gasteiger partial charge is 0.493 e. The van der Waals surface area contributed by atoms with Gasteiger partial charge in [-0.1, -0.05) is 18.2 Å². The molecule has 4 heteroatoms. The molecule has 0 saturated carbocycles. The van der Waals surface area contributed by atoms with Crippen LogP contribution < -0.4 is 18.9 Å². The summed E-state index contributed by atoms with van der Waals surface area (Å²) in [5.74, 6) is 3.05. The number of para-hydroxylation sites is 2. The predicted octanol–water partition coefficient (Wildman–Crippen LogP) is 4.25. The zero-order valence-corrected chi connectivity index (χ0v) is 14.0. The summed E-state index contributed by atoms with van der Waals surface area (Å²) < 4.78 is 22.4. The van der Waals surface area contributed by atoms with Gasteiger partial charge in [0.2, 0.25) is 0 Å². The molecule has 0 aliphatic rings. The van der Waals surface area contributed by atoms with Crippen molar-refractivity contribution in [3.63, 3.8) is 0 Å². The van der Waals surface area contributed by atoms with Crippen LogP contribution in [0.5, 0.6) is 23.0 Å². The summed E-state index contributed by atoms with van der Waals surface area (Å²) in [6, 6.07) is 13.6. The van der Waals surface area contributed by atoms with Gasteiger partial charge in [0.05, 0.1) is 26.9 Å². The molecule has 124 valence electrons. The molecule has 0 unspecified atom stereocenters. The van der Waals surface area contributed by atoms with Gasteiger partial charge in [-0.15, -0.1) is 0 Å². The van der Waals surface area contributed by atoms with Crippen LogP contribution in [-0.2, 0) is 0 Å². The van der Waals surface area contributed by atoms with Crippen molar-refractivity contribution in [3.8, 4) is 23.0 Å². The van der Waals surface area contributed by atoms with E-state index in [1.165, 1.54) is 0 Å². The Kier molecular flexibility index (Phi) is 6.60. The van der Waals surface area contributed by atoms with E-state index >= 15 is 0 Å². The summed E-state index contributed by atoms with van der Waals surface area (Å²) >= 11 is 0. The zero-order chi connectivity index (χ0) is 16.5. The fourth-order valence-corrected chi connectivity index (χ4v) is 2.16. The van der Waals surface area contributed by atoms with Gasteiger partial charge in [0.15, 0.2) is 23.0 Å². The maximum Gasteiger partial charge on any atom is 0.161 e. The van der Waals surface area contributed by atoms with Gasteiger partial charge in [0, 0.05) is 6.42 Å². The first-order valence-electron chi connectivity index (χ1n) is 7.86. The fourth-order valence-electron chi connectivity index (χ4n) is 2.16. The molecule has 2 rings (SSSR count). The van der Waals surface area contributed by atoms with E-state index in [4.69, 9.17) is 18.9 Å². The van der Waals surface area contributed by atoms with Crippen LogP contribution in [0.25, 0.3) is 0 Å². The molecule has 0 amide bonds. The molecule has 0 N–H and O–H groups in total. The van der Waals surface area contributed by atoms with E-state index < -0.39 is 0 Å². The number of methoxy groups -OCH3 is 1. The Morgan fingerprint density at radius 2 is 1.39 bits per heavy atom. The molecular weight excluding hydrogens is 292 g/mol. The molecule has 0 fully saturated rings. The van der Waals surface area contributed by atoms with Crippen LogP contribution in [0.3, 0.4) is 0 Å². The summed E-state index contributed by atoms with van der Waals surface area (Å²) in [6.07, 6.45) is 0.775. The van der Waals surface area contributed by atoms with Crippen LogP contribution in [-0.4, -0.2) is 26.9 Å². The maximum absolute atomic E-state index is 5.77. The second-order valence-electron chi connectivity index (χ2n) is 5.08. The van der Waals surface area contributed by atoms with E-state index in [2.05, 4.69) is 0 Å². The van der Waals surface area contributed by atoms with Gasteiger partial charge in [0.25, 0.3) is 0 Å². The van der Waals surface area contributed by atoms with Gasteiger partial charge < -0.3 is 18.9 Å². The lowest BCUT2D eigenvalue weighted by Gasteiger charge is -2.13. The molecule has 0 aromatic heterocycles. The van der Waals surface area contributed by atoms with Crippen LogP contribution in [0.4, 0.5) is 0 Å². The van der Waals surface area contributed by atoms with E-state index in [9.17, 15) is 0 Å². The van der Waals surface area contributed by atoms with Crippen LogP contribution >= 0.6 is 0 Å². The normalized spacial score (nSPS) is 10.2. The Labute approximate surface area is 137 Å². The molecular formula is C19H24O4. The molecule has 0 bridgehead atoms.